The number of nitrogens with one attached hydrogen (secondary N) is 1. The molecule has 10 heteroatoms. The molecule has 10 nitrogen and oxygen atoms in total. The number of hydrogen-bond donors (Lipinski definition) is 1. The summed E-state index contributed by atoms with van der Waals surface area (Å²) >= 11 is 0. The summed E-state index contributed by atoms with van der Waals surface area (Å²) in [6.45, 7) is 0.496. The van der Waals surface area contributed by atoms with E-state index < -0.39 is 33.6 Å². The van der Waals surface area contributed by atoms with E-state index in [0.717, 1.165) is 0 Å². The molecule has 2 fully saturated rings. The van der Waals surface area contributed by atoms with E-state index in [0.29, 0.717) is 30.5 Å². The van der Waals surface area contributed by atoms with Gasteiger partial charge in [0, 0.05) is 29.8 Å². The first-order chi connectivity index (χ1) is 14.4. The summed E-state index contributed by atoms with van der Waals surface area (Å²) in [7, 11) is 1.29. The van der Waals surface area contributed by atoms with Gasteiger partial charge < -0.3 is 4.74 Å². The SMILES string of the molecule is COC(=O)C12CCCN1C(c1ccccc1[N+](=O)[O-])C(c1ccccc1[N+](=O)[O-])N2. The number of fused-ring (bicyclic) bond motifs is 1. The lowest BCUT2D eigenvalue weighted by molar-refractivity contribution is -0.386. The second-order valence-corrected chi connectivity index (χ2v) is 7.35. The van der Waals surface area contributed by atoms with Gasteiger partial charge in [-0.25, -0.2) is 4.79 Å². The first-order valence-electron chi connectivity index (χ1n) is 9.50. The molecule has 156 valence electrons. The molecular weight excluding hydrogens is 392 g/mol. The van der Waals surface area contributed by atoms with Crippen molar-refractivity contribution in [2.75, 3.05) is 13.7 Å². The highest BCUT2D eigenvalue weighted by atomic mass is 16.6. The maximum absolute atomic E-state index is 12.8. The largest absolute Gasteiger partial charge is 0.467 e. The van der Waals surface area contributed by atoms with Gasteiger partial charge in [-0.2, -0.15) is 0 Å². The van der Waals surface area contributed by atoms with E-state index in [1.807, 2.05) is 4.90 Å². The maximum Gasteiger partial charge on any atom is 0.341 e. The molecule has 4 rings (SSSR count). The summed E-state index contributed by atoms with van der Waals surface area (Å²) in [5.74, 6) is -0.510. The fourth-order valence-electron chi connectivity index (χ4n) is 4.75. The Labute approximate surface area is 171 Å². The quantitative estimate of drug-likeness (QED) is 0.451. The van der Waals surface area contributed by atoms with E-state index in [-0.39, 0.29) is 11.4 Å². The van der Waals surface area contributed by atoms with Gasteiger partial charge in [0.15, 0.2) is 5.66 Å². The van der Waals surface area contributed by atoms with Gasteiger partial charge in [0.25, 0.3) is 11.4 Å². The zero-order chi connectivity index (χ0) is 21.5. The Morgan fingerprint density at radius 1 is 1.07 bits per heavy atom. The number of carbonyl (C=O) groups excluding carboxylic acids is 1. The number of nitro benzene ring substituents is 2. The molecule has 3 atom stereocenters. The van der Waals surface area contributed by atoms with E-state index in [4.69, 9.17) is 4.74 Å². The van der Waals surface area contributed by atoms with Crippen LogP contribution < -0.4 is 5.32 Å². The smallest absolute Gasteiger partial charge is 0.341 e. The number of rotatable bonds is 5. The summed E-state index contributed by atoms with van der Waals surface area (Å²) in [5, 5.41) is 26.7. The number of benzene rings is 2. The van der Waals surface area contributed by atoms with Crippen molar-refractivity contribution >= 4 is 17.3 Å². The molecule has 2 aliphatic rings. The predicted octanol–water partition coefficient (Wildman–Crippen LogP) is 2.85. The first-order valence-corrected chi connectivity index (χ1v) is 9.50. The molecule has 0 aliphatic carbocycles. The Bertz CT molecular complexity index is 1030. The zero-order valence-corrected chi connectivity index (χ0v) is 16.2. The van der Waals surface area contributed by atoms with Gasteiger partial charge in [0.1, 0.15) is 0 Å². The van der Waals surface area contributed by atoms with Crippen LogP contribution in [0.25, 0.3) is 0 Å². The first kappa shape index (κ1) is 19.9. The van der Waals surface area contributed by atoms with Crippen molar-refractivity contribution < 1.29 is 19.4 Å². The van der Waals surface area contributed by atoms with Crippen LogP contribution in [0.4, 0.5) is 11.4 Å². The molecule has 2 aromatic carbocycles. The van der Waals surface area contributed by atoms with E-state index in [2.05, 4.69) is 5.32 Å². The van der Waals surface area contributed by atoms with Crippen LogP contribution in [0.15, 0.2) is 48.5 Å². The normalized spacial score (nSPS) is 25.6. The van der Waals surface area contributed by atoms with Gasteiger partial charge in [-0.1, -0.05) is 36.4 Å². The molecule has 0 radical (unpaired) electrons. The zero-order valence-electron chi connectivity index (χ0n) is 16.2. The van der Waals surface area contributed by atoms with Crippen LogP contribution in [0.1, 0.15) is 36.1 Å². The lowest BCUT2D eigenvalue weighted by atomic mass is 9.92. The fraction of sp³-hybridized carbons (Fsp3) is 0.350. The molecule has 0 amide bonds. The Morgan fingerprint density at radius 2 is 1.63 bits per heavy atom. The number of nitro groups is 2. The van der Waals surface area contributed by atoms with Crippen molar-refractivity contribution in [3.63, 3.8) is 0 Å². The van der Waals surface area contributed by atoms with Gasteiger partial charge in [-0.3, -0.25) is 30.4 Å². The van der Waals surface area contributed by atoms with Crippen molar-refractivity contribution in [2.24, 2.45) is 0 Å². The maximum atomic E-state index is 12.8. The monoisotopic (exact) mass is 412 g/mol. The highest BCUT2D eigenvalue weighted by Gasteiger charge is 2.61. The van der Waals surface area contributed by atoms with Gasteiger partial charge in [0.05, 0.1) is 29.0 Å². The van der Waals surface area contributed by atoms with Crippen molar-refractivity contribution in [3.8, 4) is 0 Å². The minimum atomic E-state index is -1.20. The third kappa shape index (κ3) is 2.92. The fourth-order valence-corrected chi connectivity index (χ4v) is 4.75. The van der Waals surface area contributed by atoms with E-state index in [9.17, 15) is 25.0 Å². The molecule has 3 unspecified atom stereocenters. The summed E-state index contributed by atoms with van der Waals surface area (Å²) in [5.41, 5.74) is -0.647. The lowest BCUT2D eigenvalue weighted by Gasteiger charge is -2.31. The van der Waals surface area contributed by atoms with Crippen molar-refractivity contribution in [3.05, 3.63) is 79.9 Å². The average molecular weight is 412 g/mol. The van der Waals surface area contributed by atoms with Crippen LogP contribution >= 0.6 is 0 Å². The third-order valence-corrected chi connectivity index (χ3v) is 5.92. The number of methoxy groups -OCH3 is 1. The summed E-state index contributed by atoms with van der Waals surface area (Å²) < 4.78 is 5.05. The van der Waals surface area contributed by atoms with Crippen LogP contribution in [0.5, 0.6) is 0 Å². The highest BCUT2D eigenvalue weighted by Crippen LogP contribution is 2.52. The van der Waals surface area contributed by atoms with Crippen LogP contribution in [-0.2, 0) is 9.53 Å². The number of para-hydroxylation sites is 2. The molecule has 0 saturated carbocycles. The Balaban J connectivity index is 1.94. The molecule has 0 spiro atoms. The molecule has 0 aromatic heterocycles. The van der Waals surface area contributed by atoms with Crippen molar-refractivity contribution in [1.82, 2.24) is 10.2 Å². The van der Waals surface area contributed by atoms with Gasteiger partial charge in [-0.05, 0) is 12.8 Å². The number of ether oxygens (including phenoxy) is 1. The molecule has 2 heterocycles. The summed E-state index contributed by atoms with van der Waals surface area (Å²) in [6.07, 6.45) is 1.12. The standard InChI is InChI=1S/C20H20N4O6/c1-30-19(25)20-11-6-12-22(20)18(14-8-3-5-10-16(14)24(28)29)17(21-20)13-7-2-4-9-15(13)23(26)27/h2-5,7-10,17-18,21H,6,11-12H2,1H3. The average Bonchev–Trinajstić information content (AvgIpc) is 3.30. The molecule has 1 N–H and O–H groups in total. The number of carbonyl (C=O) groups is 1. The second-order valence-electron chi connectivity index (χ2n) is 7.35. The number of nitrogens with zero attached hydrogens (tertiary/aromatic N) is 3. The lowest BCUT2D eigenvalue weighted by Crippen LogP contribution is -2.54. The van der Waals surface area contributed by atoms with Crippen LogP contribution in [0.2, 0.25) is 0 Å². The molecule has 0 bridgehead atoms. The Morgan fingerprint density at radius 3 is 2.23 bits per heavy atom. The van der Waals surface area contributed by atoms with E-state index >= 15 is 0 Å². The molecule has 2 aromatic rings. The number of hydrogen-bond acceptors (Lipinski definition) is 8. The van der Waals surface area contributed by atoms with Gasteiger partial charge in [-0.15, -0.1) is 0 Å². The van der Waals surface area contributed by atoms with Crippen LogP contribution in [0.3, 0.4) is 0 Å². The summed E-state index contributed by atoms with van der Waals surface area (Å²) in [4.78, 5) is 37.1. The molecule has 30 heavy (non-hydrogen) atoms. The molecule has 2 aliphatic heterocycles. The third-order valence-electron chi connectivity index (χ3n) is 5.92. The van der Waals surface area contributed by atoms with Gasteiger partial charge in [0.2, 0.25) is 0 Å². The van der Waals surface area contributed by atoms with Crippen molar-refractivity contribution in [2.45, 2.75) is 30.6 Å². The van der Waals surface area contributed by atoms with Crippen molar-refractivity contribution in [1.29, 1.82) is 0 Å². The minimum Gasteiger partial charge on any atom is -0.467 e. The minimum absolute atomic E-state index is 0.0968. The molecule has 2 saturated heterocycles. The summed E-state index contributed by atoms with van der Waals surface area (Å²) in [6, 6.07) is 11.2. The topological polar surface area (TPSA) is 128 Å². The predicted molar refractivity (Wildman–Crippen MR) is 105 cm³/mol. The van der Waals surface area contributed by atoms with E-state index in [1.54, 1.807) is 36.4 Å². The Hall–Kier alpha value is -3.37. The molecular formula is C20H20N4O6. The van der Waals surface area contributed by atoms with Gasteiger partial charge >= 0.3 is 5.97 Å². The van der Waals surface area contributed by atoms with Crippen LogP contribution in [-0.4, -0.2) is 40.0 Å². The van der Waals surface area contributed by atoms with Crippen LogP contribution in [0, 0.1) is 20.2 Å². The highest BCUT2D eigenvalue weighted by molar-refractivity contribution is 5.81. The second kappa shape index (κ2) is 7.47. The van der Waals surface area contributed by atoms with E-state index in [1.165, 1.54) is 19.2 Å². The number of esters is 1. The Kier molecular flexibility index (Phi) is 4.96.